The van der Waals surface area contributed by atoms with Gasteiger partial charge in [-0.2, -0.15) is 0 Å². The van der Waals surface area contributed by atoms with Crippen molar-refractivity contribution in [2.24, 2.45) is 11.7 Å². The zero-order valence-corrected chi connectivity index (χ0v) is 8.67. The molecule has 1 atom stereocenters. The van der Waals surface area contributed by atoms with Gasteiger partial charge in [-0.15, -0.1) is 0 Å². The lowest BCUT2D eigenvalue weighted by molar-refractivity contribution is -0.121. The van der Waals surface area contributed by atoms with Crippen molar-refractivity contribution in [2.75, 3.05) is 20.3 Å². The number of primary amides is 1. The van der Waals surface area contributed by atoms with Crippen LogP contribution in [0, 0.1) is 5.92 Å². The summed E-state index contributed by atoms with van der Waals surface area (Å²) in [5.41, 5.74) is 5.22. The summed E-state index contributed by atoms with van der Waals surface area (Å²) in [5, 5.41) is 3.10. The third-order valence-electron chi connectivity index (χ3n) is 1.86. The SMILES string of the molecule is COCCCNC(C(N)=O)C(C)C. The van der Waals surface area contributed by atoms with E-state index in [0.717, 1.165) is 13.0 Å². The van der Waals surface area contributed by atoms with Gasteiger partial charge in [-0.3, -0.25) is 4.79 Å². The average Bonchev–Trinajstić information content (AvgIpc) is 2.02. The summed E-state index contributed by atoms with van der Waals surface area (Å²) in [7, 11) is 1.66. The van der Waals surface area contributed by atoms with Crippen LogP contribution < -0.4 is 11.1 Å². The van der Waals surface area contributed by atoms with Crippen LogP contribution in [0.3, 0.4) is 0 Å². The zero-order valence-electron chi connectivity index (χ0n) is 8.67. The Labute approximate surface area is 79.8 Å². The van der Waals surface area contributed by atoms with Crippen molar-refractivity contribution in [1.29, 1.82) is 0 Å². The smallest absolute Gasteiger partial charge is 0.234 e. The summed E-state index contributed by atoms with van der Waals surface area (Å²) in [6, 6.07) is -0.225. The normalized spacial score (nSPS) is 13.2. The van der Waals surface area contributed by atoms with Crippen LogP contribution in [-0.4, -0.2) is 32.2 Å². The van der Waals surface area contributed by atoms with E-state index in [1.165, 1.54) is 0 Å². The van der Waals surface area contributed by atoms with Gasteiger partial charge in [0, 0.05) is 13.7 Å². The Balaban J connectivity index is 3.64. The molecule has 0 radical (unpaired) electrons. The van der Waals surface area contributed by atoms with Crippen molar-refractivity contribution >= 4 is 5.91 Å². The standard InChI is InChI=1S/C9H20N2O2/c1-7(2)8(9(10)12)11-5-4-6-13-3/h7-8,11H,4-6H2,1-3H3,(H2,10,12). The molecular formula is C9H20N2O2. The highest BCUT2D eigenvalue weighted by atomic mass is 16.5. The average molecular weight is 188 g/mol. The minimum atomic E-state index is -0.285. The summed E-state index contributed by atoms with van der Waals surface area (Å²) in [5.74, 6) is -0.0486. The lowest BCUT2D eigenvalue weighted by atomic mass is 10.0. The number of nitrogens with one attached hydrogen (secondary N) is 1. The molecule has 0 rings (SSSR count). The highest BCUT2D eigenvalue weighted by Gasteiger charge is 2.17. The Bertz CT molecular complexity index is 149. The maximum absolute atomic E-state index is 10.9. The second-order valence-electron chi connectivity index (χ2n) is 3.42. The Morgan fingerprint density at radius 1 is 1.54 bits per heavy atom. The Morgan fingerprint density at radius 2 is 2.15 bits per heavy atom. The van der Waals surface area contributed by atoms with Gasteiger partial charge >= 0.3 is 0 Å². The van der Waals surface area contributed by atoms with Gasteiger partial charge in [0.1, 0.15) is 0 Å². The van der Waals surface area contributed by atoms with Gasteiger partial charge in [-0.25, -0.2) is 0 Å². The highest BCUT2D eigenvalue weighted by Crippen LogP contribution is 2.00. The monoisotopic (exact) mass is 188 g/mol. The van der Waals surface area contributed by atoms with Crippen LogP contribution in [0.2, 0.25) is 0 Å². The van der Waals surface area contributed by atoms with E-state index < -0.39 is 0 Å². The molecule has 0 aliphatic heterocycles. The number of carbonyl (C=O) groups is 1. The molecule has 0 aromatic heterocycles. The molecule has 78 valence electrons. The fourth-order valence-corrected chi connectivity index (χ4v) is 1.14. The number of hydrogen-bond donors (Lipinski definition) is 2. The molecule has 1 amide bonds. The van der Waals surface area contributed by atoms with E-state index in [4.69, 9.17) is 10.5 Å². The van der Waals surface area contributed by atoms with Crippen LogP contribution in [0.1, 0.15) is 20.3 Å². The second-order valence-corrected chi connectivity index (χ2v) is 3.42. The third kappa shape index (κ3) is 5.60. The molecule has 0 aromatic rings. The lowest BCUT2D eigenvalue weighted by Crippen LogP contribution is -2.45. The fourth-order valence-electron chi connectivity index (χ4n) is 1.14. The number of amides is 1. The van der Waals surface area contributed by atoms with E-state index >= 15 is 0 Å². The quantitative estimate of drug-likeness (QED) is 0.558. The highest BCUT2D eigenvalue weighted by molar-refractivity contribution is 5.80. The molecule has 4 nitrogen and oxygen atoms in total. The van der Waals surface area contributed by atoms with Crippen molar-refractivity contribution in [1.82, 2.24) is 5.32 Å². The minimum Gasteiger partial charge on any atom is -0.385 e. The number of carbonyl (C=O) groups excluding carboxylic acids is 1. The first kappa shape index (κ1) is 12.4. The predicted molar refractivity (Wildman–Crippen MR) is 52.3 cm³/mol. The van der Waals surface area contributed by atoms with Gasteiger partial charge in [-0.1, -0.05) is 13.8 Å². The largest absolute Gasteiger partial charge is 0.385 e. The van der Waals surface area contributed by atoms with Crippen molar-refractivity contribution in [2.45, 2.75) is 26.3 Å². The second kappa shape index (κ2) is 6.86. The topological polar surface area (TPSA) is 64.3 Å². The van der Waals surface area contributed by atoms with E-state index in [2.05, 4.69) is 5.32 Å². The van der Waals surface area contributed by atoms with Gasteiger partial charge in [0.2, 0.25) is 5.91 Å². The first-order chi connectivity index (χ1) is 6.09. The molecule has 4 heteroatoms. The van der Waals surface area contributed by atoms with Gasteiger partial charge < -0.3 is 15.8 Å². The first-order valence-electron chi connectivity index (χ1n) is 4.61. The number of ether oxygens (including phenoxy) is 1. The van der Waals surface area contributed by atoms with Crippen molar-refractivity contribution in [3.05, 3.63) is 0 Å². The van der Waals surface area contributed by atoms with Crippen LogP contribution >= 0.6 is 0 Å². The van der Waals surface area contributed by atoms with Crippen LogP contribution in [0.4, 0.5) is 0 Å². The first-order valence-corrected chi connectivity index (χ1v) is 4.61. The maximum atomic E-state index is 10.9. The summed E-state index contributed by atoms with van der Waals surface area (Å²) >= 11 is 0. The lowest BCUT2D eigenvalue weighted by Gasteiger charge is -2.18. The van der Waals surface area contributed by atoms with E-state index in [1.807, 2.05) is 13.8 Å². The van der Waals surface area contributed by atoms with Crippen molar-refractivity contribution < 1.29 is 9.53 Å². The molecule has 0 aromatic carbocycles. The van der Waals surface area contributed by atoms with Gasteiger partial charge in [-0.05, 0) is 18.9 Å². The molecule has 0 saturated heterocycles. The molecule has 0 heterocycles. The molecule has 0 aliphatic rings. The van der Waals surface area contributed by atoms with Crippen LogP contribution in [-0.2, 0) is 9.53 Å². The molecule has 0 spiro atoms. The van der Waals surface area contributed by atoms with Crippen LogP contribution in [0.15, 0.2) is 0 Å². The fraction of sp³-hybridized carbons (Fsp3) is 0.889. The molecule has 0 aliphatic carbocycles. The van der Waals surface area contributed by atoms with Crippen molar-refractivity contribution in [3.63, 3.8) is 0 Å². The van der Waals surface area contributed by atoms with E-state index in [1.54, 1.807) is 7.11 Å². The molecule has 0 fully saturated rings. The number of hydrogen-bond acceptors (Lipinski definition) is 3. The van der Waals surface area contributed by atoms with Gasteiger partial charge in [0.15, 0.2) is 0 Å². The van der Waals surface area contributed by atoms with E-state index in [-0.39, 0.29) is 17.9 Å². The number of methoxy groups -OCH3 is 1. The van der Waals surface area contributed by atoms with Gasteiger partial charge in [0.05, 0.1) is 6.04 Å². The molecule has 13 heavy (non-hydrogen) atoms. The number of rotatable bonds is 7. The maximum Gasteiger partial charge on any atom is 0.234 e. The molecule has 1 unspecified atom stereocenters. The Hall–Kier alpha value is -0.610. The van der Waals surface area contributed by atoms with Crippen molar-refractivity contribution in [3.8, 4) is 0 Å². The Kier molecular flexibility index (Phi) is 6.54. The third-order valence-corrected chi connectivity index (χ3v) is 1.86. The minimum absolute atomic E-state index is 0.225. The van der Waals surface area contributed by atoms with Gasteiger partial charge in [0.25, 0.3) is 0 Å². The molecule has 0 saturated carbocycles. The number of nitrogens with two attached hydrogens (primary N) is 1. The summed E-state index contributed by atoms with van der Waals surface area (Å²) in [6.07, 6.45) is 0.896. The predicted octanol–water partition coefficient (Wildman–Crippen LogP) is 0.122. The molecular weight excluding hydrogens is 168 g/mol. The zero-order chi connectivity index (χ0) is 10.3. The Morgan fingerprint density at radius 3 is 2.54 bits per heavy atom. The summed E-state index contributed by atoms with van der Waals surface area (Å²) < 4.78 is 4.89. The van der Waals surface area contributed by atoms with Crippen LogP contribution in [0.5, 0.6) is 0 Å². The molecule has 0 bridgehead atoms. The summed E-state index contributed by atoms with van der Waals surface area (Å²) in [6.45, 7) is 5.41. The van der Waals surface area contributed by atoms with E-state index in [9.17, 15) is 4.79 Å². The van der Waals surface area contributed by atoms with E-state index in [0.29, 0.717) is 6.61 Å². The van der Waals surface area contributed by atoms with Crippen LogP contribution in [0.25, 0.3) is 0 Å². The summed E-state index contributed by atoms with van der Waals surface area (Å²) in [4.78, 5) is 10.9. The molecule has 3 N–H and O–H groups in total.